The van der Waals surface area contributed by atoms with Crippen LogP contribution in [0, 0.1) is 0 Å². The molecule has 0 bridgehead atoms. The molecular weight excluding hydrogens is 669 g/mol. The van der Waals surface area contributed by atoms with Crippen molar-refractivity contribution in [3.8, 4) is 11.5 Å². The molecule has 3 aliphatic heterocycles. The Morgan fingerprint density at radius 2 is 1.60 bits per heavy atom. The maximum Gasteiger partial charge on any atom is 0.266 e. The van der Waals surface area contributed by atoms with Crippen LogP contribution in [-0.2, 0) is 30.3 Å². The molecule has 0 aliphatic carbocycles. The fourth-order valence-corrected chi connectivity index (χ4v) is 9.59. The number of sulfonamides is 1. The molecule has 0 saturated heterocycles. The van der Waals surface area contributed by atoms with Gasteiger partial charge in [0.05, 0.1) is 28.9 Å². The molecule has 3 aliphatic rings. The van der Waals surface area contributed by atoms with E-state index >= 15 is 0 Å². The Bertz CT molecular complexity index is 2090. The molecule has 3 heterocycles. The Kier molecular flexibility index (Phi) is 8.98. The zero-order valence-electron chi connectivity index (χ0n) is 27.7. The average molecular weight is 712 g/mol. The highest BCUT2D eigenvalue weighted by Gasteiger charge is 2.38. The topological polar surface area (TPSA) is 174 Å². The molecule has 258 valence electrons. The van der Waals surface area contributed by atoms with Gasteiger partial charge in [0, 0.05) is 51.3 Å². The summed E-state index contributed by atoms with van der Waals surface area (Å²) >= 11 is 0. The molecule has 2 N–H and O–H groups in total. The number of hydrogen-bond acceptors (Lipinski definition) is 9. The van der Waals surface area contributed by atoms with E-state index in [1.54, 1.807) is 6.07 Å². The van der Waals surface area contributed by atoms with Crippen molar-refractivity contribution in [2.45, 2.75) is 65.0 Å². The molecule has 2 aromatic rings. The number of benzene rings is 2. The molecule has 16 heteroatoms. The lowest BCUT2D eigenvalue weighted by molar-refractivity contribution is 0.393. The summed E-state index contributed by atoms with van der Waals surface area (Å²) in [5.41, 5.74) is 3.23. The second-order valence-corrected chi connectivity index (χ2v) is 18.8. The Hall–Kier alpha value is -2.89. The molecule has 1 unspecified atom stereocenters. The van der Waals surface area contributed by atoms with Gasteiger partial charge in [-0.2, -0.15) is 21.1 Å². The van der Waals surface area contributed by atoms with Gasteiger partial charge in [0.1, 0.15) is 17.6 Å². The summed E-state index contributed by atoms with van der Waals surface area (Å²) in [5, 5.41) is 1.23. The Labute approximate surface area is 276 Å². The standard InChI is InChI=1S/C31H42N4O9S3/c1-8-35-27-16-29-25(32-24-13-22-20(2)17-30(3,4)33(7)26(22)15-28(24)44-29)14-23(27)21(18-31(35,5)6)19-45(36,37)34(9-11-46(38,39)40)10-12-47(41,42)43/h13-16,18,20H,8-12,17,19H2,1-7H3,(H-,38,39,40,41,42,43)/p+1. The number of likely N-dealkylation sites (N-methyl/N-ethyl adjacent to an activating group) is 1. The van der Waals surface area contributed by atoms with E-state index in [1.165, 1.54) is 5.56 Å². The van der Waals surface area contributed by atoms with Crippen LogP contribution < -0.4 is 24.9 Å². The average Bonchev–Trinajstić information content (AvgIpc) is 2.91. The van der Waals surface area contributed by atoms with Crippen LogP contribution in [-0.4, -0.2) is 93.7 Å². The van der Waals surface area contributed by atoms with Crippen molar-refractivity contribution in [3.63, 3.8) is 0 Å². The highest BCUT2D eigenvalue weighted by atomic mass is 32.2. The lowest BCUT2D eigenvalue weighted by Gasteiger charge is -2.45. The number of anilines is 1. The van der Waals surface area contributed by atoms with Gasteiger partial charge in [0.2, 0.25) is 15.4 Å². The van der Waals surface area contributed by atoms with E-state index in [-0.39, 0.29) is 5.54 Å². The summed E-state index contributed by atoms with van der Waals surface area (Å²) in [6.07, 6.45) is 2.79. The van der Waals surface area contributed by atoms with E-state index in [9.17, 15) is 34.4 Å². The van der Waals surface area contributed by atoms with Crippen molar-refractivity contribution in [2.24, 2.45) is 4.99 Å². The largest absolute Gasteiger partial charge is 0.452 e. The molecule has 0 radical (unpaired) electrons. The summed E-state index contributed by atoms with van der Waals surface area (Å²) in [7, 11) is -11.4. The van der Waals surface area contributed by atoms with Crippen LogP contribution in [0.3, 0.4) is 0 Å². The lowest BCUT2D eigenvalue weighted by Crippen LogP contribution is -2.50. The van der Waals surface area contributed by atoms with Gasteiger partial charge in [-0.1, -0.05) is 6.92 Å². The summed E-state index contributed by atoms with van der Waals surface area (Å²) in [6.45, 7) is 11.7. The molecule has 0 saturated carbocycles. The maximum absolute atomic E-state index is 13.8. The molecule has 0 amide bonds. The van der Waals surface area contributed by atoms with E-state index in [2.05, 4.69) is 43.4 Å². The first kappa shape index (κ1) is 35.4. The van der Waals surface area contributed by atoms with Crippen LogP contribution >= 0.6 is 0 Å². The van der Waals surface area contributed by atoms with E-state index in [4.69, 9.17) is 9.73 Å². The van der Waals surface area contributed by atoms with Gasteiger partial charge in [-0.15, -0.1) is 0 Å². The second kappa shape index (κ2) is 11.9. The molecule has 0 aromatic heterocycles. The van der Waals surface area contributed by atoms with Gasteiger partial charge in [-0.05, 0) is 62.5 Å². The van der Waals surface area contributed by atoms with Crippen LogP contribution in [0.25, 0.3) is 5.57 Å². The number of fused-ring (bicyclic) bond motifs is 4. The second-order valence-electron chi connectivity index (χ2n) is 13.7. The number of rotatable bonds is 10. The van der Waals surface area contributed by atoms with Crippen molar-refractivity contribution in [3.05, 3.63) is 52.2 Å². The third kappa shape index (κ3) is 7.27. The molecule has 0 fully saturated rings. The fourth-order valence-electron chi connectivity index (χ4n) is 6.91. The van der Waals surface area contributed by atoms with Crippen molar-refractivity contribution in [1.82, 2.24) is 8.88 Å². The van der Waals surface area contributed by atoms with Gasteiger partial charge < -0.3 is 9.64 Å². The van der Waals surface area contributed by atoms with Gasteiger partial charge >= 0.3 is 0 Å². The van der Waals surface area contributed by atoms with Crippen molar-refractivity contribution in [1.29, 1.82) is 0 Å². The first-order valence-corrected chi connectivity index (χ1v) is 20.2. The zero-order valence-corrected chi connectivity index (χ0v) is 30.1. The zero-order chi connectivity index (χ0) is 34.9. The van der Waals surface area contributed by atoms with Gasteiger partial charge in [0.25, 0.3) is 20.2 Å². The van der Waals surface area contributed by atoms with Crippen molar-refractivity contribution in [2.75, 3.05) is 48.8 Å². The maximum atomic E-state index is 13.8. The predicted octanol–water partition coefficient (Wildman–Crippen LogP) is 2.56. The van der Waals surface area contributed by atoms with Crippen LogP contribution in [0.1, 0.15) is 65.0 Å². The van der Waals surface area contributed by atoms with E-state index in [0.29, 0.717) is 50.4 Å². The molecule has 1 atom stereocenters. The van der Waals surface area contributed by atoms with E-state index in [1.807, 2.05) is 39.0 Å². The first-order valence-electron chi connectivity index (χ1n) is 15.4. The number of nitrogens with zero attached hydrogens (tertiary/aromatic N) is 4. The Morgan fingerprint density at radius 3 is 2.17 bits per heavy atom. The predicted molar refractivity (Wildman–Crippen MR) is 181 cm³/mol. The highest BCUT2D eigenvalue weighted by molar-refractivity contribution is 7.89. The summed E-state index contributed by atoms with van der Waals surface area (Å²) < 4.78 is 101. The van der Waals surface area contributed by atoms with E-state index < -0.39 is 66.1 Å². The molecule has 5 rings (SSSR count). The molecule has 47 heavy (non-hydrogen) atoms. The first-order chi connectivity index (χ1) is 21.5. The van der Waals surface area contributed by atoms with Gasteiger partial charge in [-0.3, -0.25) is 9.11 Å². The van der Waals surface area contributed by atoms with Crippen LogP contribution in [0.15, 0.2) is 35.3 Å². The molecular formula is C31H43N4O9S3+. The van der Waals surface area contributed by atoms with Crippen molar-refractivity contribution >= 4 is 47.2 Å². The highest BCUT2D eigenvalue weighted by Crippen LogP contribution is 2.48. The Morgan fingerprint density at radius 1 is 0.979 bits per heavy atom. The molecule has 2 aromatic carbocycles. The smallest absolute Gasteiger partial charge is 0.266 e. The summed E-state index contributed by atoms with van der Waals surface area (Å²) in [5.74, 6) is -1.05. The summed E-state index contributed by atoms with van der Waals surface area (Å²) in [6, 6.07) is 7.72. The summed E-state index contributed by atoms with van der Waals surface area (Å²) in [4.78, 5) is 7.22. The lowest BCUT2D eigenvalue weighted by atomic mass is 9.80. The molecule has 13 nitrogen and oxygen atoms in total. The van der Waals surface area contributed by atoms with E-state index in [0.717, 1.165) is 17.5 Å². The van der Waals surface area contributed by atoms with Crippen molar-refractivity contribution < 1.29 is 39.1 Å². The fraction of sp³-hybridized carbons (Fsp3) is 0.548. The SMILES string of the molecule is CC[N+]1=c2cc3c(cc2C(CS(=O)(=O)N(CCS(=O)(=O)O)CCS(=O)(=O)O)=CC1(C)C)=Nc1cc2c(cc1O3)N(C)C(C)(C)CC2C. The van der Waals surface area contributed by atoms with Gasteiger partial charge in [-0.25, -0.2) is 18.0 Å². The van der Waals surface area contributed by atoms with Crippen LogP contribution in [0.4, 0.5) is 11.4 Å². The third-order valence-corrected chi connectivity index (χ3v) is 12.6. The molecule has 0 spiro atoms. The van der Waals surface area contributed by atoms with Crippen LogP contribution in [0.2, 0.25) is 0 Å². The normalized spacial score (nSPS) is 20.0. The van der Waals surface area contributed by atoms with Gasteiger partial charge in [0.15, 0.2) is 17.0 Å². The minimum Gasteiger partial charge on any atom is -0.452 e. The minimum absolute atomic E-state index is 0.0337. The number of ether oxygens (including phenoxy) is 1. The third-order valence-electron chi connectivity index (χ3n) is 9.36. The Balaban J connectivity index is 1.61. The van der Waals surface area contributed by atoms with Crippen LogP contribution in [0.5, 0.6) is 11.5 Å². The number of hydrogen-bond donors (Lipinski definition) is 2. The minimum atomic E-state index is -4.57. The quantitative estimate of drug-likeness (QED) is 0.235. The monoisotopic (exact) mass is 711 g/mol.